The molecule has 174 valence electrons. The minimum absolute atomic E-state index is 0.0626. The molecule has 2 rings (SSSR count). The van der Waals surface area contributed by atoms with Gasteiger partial charge < -0.3 is 29.3 Å². The van der Waals surface area contributed by atoms with Crippen LogP contribution < -0.4 is 0 Å². The van der Waals surface area contributed by atoms with Crippen molar-refractivity contribution in [1.29, 1.82) is 5.26 Å². The maximum absolute atomic E-state index is 12.7. The second-order valence-electron chi connectivity index (χ2n) is 7.58. The van der Waals surface area contributed by atoms with Crippen LogP contribution in [0, 0.1) is 11.3 Å². The molecule has 0 aliphatic carbocycles. The van der Waals surface area contributed by atoms with E-state index in [0.29, 0.717) is 22.6 Å². The summed E-state index contributed by atoms with van der Waals surface area (Å²) < 4.78 is 29.2. The highest BCUT2D eigenvalue weighted by Crippen LogP contribution is 2.46. The summed E-state index contributed by atoms with van der Waals surface area (Å²) in [5, 5.41) is 29.7. The average Bonchev–Trinajstić information content (AvgIpc) is 2.77. The lowest BCUT2D eigenvalue weighted by molar-refractivity contribution is -0.252. The molecule has 9 heteroatoms. The summed E-state index contributed by atoms with van der Waals surface area (Å²) in [7, 11) is -2.07. The molecule has 1 aromatic carbocycles. The van der Waals surface area contributed by atoms with E-state index in [-0.39, 0.29) is 25.2 Å². The van der Waals surface area contributed by atoms with E-state index in [9.17, 15) is 24.9 Å². The van der Waals surface area contributed by atoms with Crippen molar-refractivity contribution < 1.29 is 33.9 Å². The Bertz CT molecular complexity index is 937. The summed E-state index contributed by atoms with van der Waals surface area (Å²) >= 11 is 0. The van der Waals surface area contributed by atoms with Gasteiger partial charge in [-0.3, -0.25) is 4.57 Å². The molecule has 5 atom stereocenters. The van der Waals surface area contributed by atoms with Crippen molar-refractivity contribution >= 4 is 7.37 Å². The fourth-order valence-corrected chi connectivity index (χ4v) is 4.87. The molecule has 3 N–H and O–H groups in total. The number of ether oxygens (including phenoxy) is 3. The Morgan fingerprint density at radius 2 is 2.09 bits per heavy atom. The number of nitriles is 1. The van der Waals surface area contributed by atoms with Gasteiger partial charge in [-0.2, -0.15) is 5.26 Å². The molecule has 0 radical (unpaired) electrons. The molecule has 0 bridgehead atoms. The van der Waals surface area contributed by atoms with Gasteiger partial charge in [-0.15, -0.1) is 0 Å². The third-order valence-corrected chi connectivity index (χ3v) is 6.91. The van der Waals surface area contributed by atoms with Crippen molar-refractivity contribution in [3.05, 3.63) is 71.7 Å². The molecule has 0 spiro atoms. The molecule has 1 saturated heterocycles. The van der Waals surface area contributed by atoms with Crippen LogP contribution in [0.2, 0.25) is 0 Å². The van der Waals surface area contributed by atoms with Gasteiger partial charge in [-0.05, 0) is 43.2 Å². The SMILES string of the molecule is C=C/C(=C\C=C(/C)OC)OC1OC(CCP(=O)(O)Cc2ccccc2C#N)CC(O)C1O. The van der Waals surface area contributed by atoms with Crippen LogP contribution in [-0.2, 0) is 24.9 Å². The first-order valence-electron chi connectivity index (χ1n) is 10.2. The summed E-state index contributed by atoms with van der Waals surface area (Å²) in [6.07, 6.45) is 0.621. The highest BCUT2D eigenvalue weighted by atomic mass is 31.2. The number of benzene rings is 1. The number of allylic oxidation sites excluding steroid dienone is 4. The summed E-state index contributed by atoms with van der Waals surface area (Å²) in [5.41, 5.74) is 0.881. The smallest absolute Gasteiger partial charge is 0.228 e. The standard InChI is InChI=1S/C23H30NO7P/c1-4-19(10-9-16(2)29-3)30-23-22(26)21(25)13-20(31-23)11-12-32(27,28)15-18-8-6-5-7-17(18)14-24/h4-10,20-23,25-26H,1,11-13,15H2,2-3H3,(H,27,28)/b16-9+,19-10+. The number of hydrogen-bond acceptors (Lipinski definition) is 7. The maximum Gasteiger partial charge on any atom is 0.228 e. The van der Waals surface area contributed by atoms with E-state index in [4.69, 9.17) is 14.2 Å². The second-order valence-corrected chi connectivity index (χ2v) is 10.0. The van der Waals surface area contributed by atoms with Crippen molar-refractivity contribution in [2.75, 3.05) is 13.3 Å². The Labute approximate surface area is 188 Å². The van der Waals surface area contributed by atoms with E-state index in [1.54, 1.807) is 43.3 Å². The molecule has 1 aliphatic heterocycles. The van der Waals surface area contributed by atoms with Crippen molar-refractivity contribution in [1.82, 2.24) is 0 Å². The Morgan fingerprint density at radius 1 is 1.38 bits per heavy atom. The van der Waals surface area contributed by atoms with Gasteiger partial charge in [0.25, 0.3) is 0 Å². The zero-order chi connectivity index (χ0) is 23.7. The van der Waals surface area contributed by atoms with E-state index in [2.05, 4.69) is 6.58 Å². The van der Waals surface area contributed by atoms with Gasteiger partial charge in [-0.25, -0.2) is 0 Å². The van der Waals surface area contributed by atoms with E-state index in [1.807, 2.05) is 6.07 Å². The van der Waals surface area contributed by atoms with Crippen molar-refractivity contribution in [2.24, 2.45) is 0 Å². The van der Waals surface area contributed by atoms with E-state index in [1.165, 1.54) is 13.2 Å². The third kappa shape index (κ3) is 7.63. The first kappa shape index (κ1) is 25.9. The first-order valence-corrected chi connectivity index (χ1v) is 12.2. The Morgan fingerprint density at radius 3 is 2.75 bits per heavy atom. The van der Waals surface area contributed by atoms with Gasteiger partial charge in [0.2, 0.25) is 13.7 Å². The van der Waals surface area contributed by atoms with Gasteiger partial charge in [0, 0.05) is 12.6 Å². The molecule has 0 amide bonds. The van der Waals surface area contributed by atoms with Crippen LogP contribution in [0.3, 0.4) is 0 Å². The molecule has 1 aromatic rings. The number of nitrogens with zero attached hydrogens (tertiary/aromatic N) is 1. The number of aliphatic hydroxyl groups is 2. The number of methoxy groups -OCH3 is 1. The zero-order valence-corrected chi connectivity index (χ0v) is 19.1. The molecule has 1 fully saturated rings. The van der Waals surface area contributed by atoms with E-state index < -0.39 is 32.0 Å². The van der Waals surface area contributed by atoms with Gasteiger partial charge in [-0.1, -0.05) is 24.8 Å². The molecule has 32 heavy (non-hydrogen) atoms. The molecule has 5 unspecified atom stereocenters. The lowest BCUT2D eigenvalue weighted by Crippen LogP contribution is -2.49. The Balaban J connectivity index is 2.02. The second kappa shape index (κ2) is 12.0. The van der Waals surface area contributed by atoms with Crippen LogP contribution in [0.5, 0.6) is 0 Å². The van der Waals surface area contributed by atoms with E-state index in [0.717, 1.165) is 0 Å². The highest BCUT2D eigenvalue weighted by molar-refractivity contribution is 7.57. The van der Waals surface area contributed by atoms with Gasteiger partial charge >= 0.3 is 0 Å². The first-order chi connectivity index (χ1) is 15.2. The Hall–Kier alpha value is -2.40. The molecule has 0 saturated carbocycles. The summed E-state index contributed by atoms with van der Waals surface area (Å²) in [5.74, 6) is 0.937. The summed E-state index contributed by atoms with van der Waals surface area (Å²) in [4.78, 5) is 10.4. The topological polar surface area (TPSA) is 129 Å². The molecular formula is C23H30NO7P. The fourth-order valence-electron chi connectivity index (χ4n) is 3.21. The number of hydrogen-bond donors (Lipinski definition) is 3. The predicted octanol–water partition coefficient (Wildman–Crippen LogP) is 3.19. The maximum atomic E-state index is 12.7. The number of aliphatic hydroxyl groups excluding tert-OH is 2. The molecule has 1 aliphatic rings. The monoisotopic (exact) mass is 463 g/mol. The fraction of sp³-hybridized carbons (Fsp3) is 0.435. The summed E-state index contributed by atoms with van der Waals surface area (Å²) in [6.45, 7) is 5.42. The van der Waals surface area contributed by atoms with Crippen molar-refractivity contribution in [2.45, 2.75) is 50.5 Å². The number of rotatable bonds is 10. The predicted molar refractivity (Wildman–Crippen MR) is 120 cm³/mol. The largest absolute Gasteiger partial charge is 0.501 e. The quantitative estimate of drug-likeness (QED) is 0.274. The molecular weight excluding hydrogens is 433 g/mol. The van der Waals surface area contributed by atoms with Crippen LogP contribution in [0.4, 0.5) is 0 Å². The van der Waals surface area contributed by atoms with Gasteiger partial charge in [0.15, 0.2) is 0 Å². The van der Waals surface area contributed by atoms with Crippen LogP contribution in [-0.4, -0.2) is 53.0 Å². The zero-order valence-electron chi connectivity index (χ0n) is 18.3. The lowest BCUT2D eigenvalue weighted by atomic mass is 10.0. The normalized spacial score (nSPS) is 26.0. The summed E-state index contributed by atoms with van der Waals surface area (Å²) in [6, 6.07) is 8.70. The molecule has 8 nitrogen and oxygen atoms in total. The van der Waals surface area contributed by atoms with Crippen molar-refractivity contribution in [3.63, 3.8) is 0 Å². The minimum Gasteiger partial charge on any atom is -0.501 e. The lowest BCUT2D eigenvalue weighted by Gasteiger charge is -2.37. The van der Waals surface area contributed by atoms with Gasteiger partial charge in [0.1, 0.15) is 11.9 Å². The highest BCUT2D eigenvalue weighted by Gasteiger charge is 2.39. The third-order valence-electron chi connectivity index (χ3n) is 5.12. The van der Waals surface area contributed by atoms with E-state index >= 15 is 0 Å². The minimum atomic E-state index is -3.60. The Kier molecular flexibility index (Phi) is 9.70. The van der Waals surface area contributed by atoms with Crippen LogP contribution in [0.15, 0.2) is 60.6 Å². The van der Waals surface area contributed by atoms with Crippen molar-refractivity contribution in [3.8, 4) is 6.07 Å². The van der Waals surface area contributed by atoms with Crippen LogP contribution >= 0.6 is 7.37 Å². The molecule has 1 heterocycles. The molecule has 0 aromatic heterocycles. The van der Waals surface area contributed by atoms with Gasteiger partial charge in [0.05, 0.1) is 42.9 Å². The van der Waals surface area contributed by atoms with Crippen LogP contribution in [0.1, 0.15) is 30.9 Å². The van der Waals surface area contributed by atoms with Crippen LogP contribution in [0.25, 0.3) is 0 Å². The average molecular weight is 463 g/mol.